The molecule has 0 saturated carbocycles. The maximum atomic E-state index is 11.3. The number of nitrogens with zero attached hydrogens (tertiary/aromatic N) is 4. The fraction of sp³-hybridized carbons (Fsp3) is 0.688. The second-order valence-electron chi connectivity index (χ2n) is 6.75. The lowest BCUT2D eigenvalue weighted by Gasteiger charge is -2.33. The monoisotopic (exact) mass is 318 g/mol. The third kappa shape index (κ3) is 4.31. The van der Waals surface area contributed by atoms with Gasteiger partial charge in [0.05, 0.1) is 0 Å². The van der Waals surface area contributed by atoms with Crippen molar-refractivity contribution in [2.45, 2.75) is 25.3 Å². The molecule has 7 heteroatoms. The summed E-state index contributed by atoms with van der Waals surface area (Å²) < 4.78 is 0. The molecule has 1 atom stereocenters. The zero-order valence-corrected chi connectivity index (χ0v) is 14.0. The summed E-state index contributed by atoms with van der Waals surface area (Å²) in [5, 5.41) is 6.45. The summed E-state index contributed by atoms with van der Waals surface area (Å²) >= 11 is 0. The Labute approximate surface area is 137 Å². The number of amides is 1. The van der Waals surface area contributed by atoms with Gasteiger partial charge in [0, 0.05) is 58.8 Å². The molecule has 1 unspecified atom stereocenters. The van der Waals surface area contributed by atoms with Crippen LogP contribution >= 0.6 is 0 Å². The van der Waals surface area contributed by atoms with E-state index in [1.165, 1.54) is 0 Å². The number of carbonyl (C=O) groups excluding carboxylic acids is 1. The van der Waals surface area contributed by atoms with E-state index >= 15 is 0 Å². The second-order valence-corrected chi connectivity index (χ2v) is 6.75. The van der Waals surface area contributed by atoms with Crippen LogP contribution in [0.5, 0.6) is 0 Å². The molecular weight excluding hydrogens is 292 g/mol. The molecular formula is C16H26N6O. The van der Waals surface area contributed by atoms with E-state index in [1.807, 2.05) is 25.1 Å². The molecule has 7 nitrogen and oxygen atoms in total. The lowest BCUT2D eigenvalue weighted by atomic mass is 10.0. The van der Waals surface area contributed by atoms with Gasteiger partial charge in [0.25, 0.3) is 0 Å². The molecule has 1 amide bonds. The molecule has 0 aliphatic carbocycles. The largest absolute Gasteiger partial charge is 0.367 e. The predicted molar refractivity (Wildman–Crippen MR) is 90.6 cm³/mol. The van der Waals surface area contributed by atoms with Gasteiger partial charge in [0.15, 0.2) is 0 Å². The third-order valence-electron chi connectivity index (χ3n) is 4.63. The number of hydrogen-bond donors (Lipinski definition) is 2. The number of anilines is 2. The van der Waals surface area contributed by atoms with Crippen molar-refractivity contribution in [3.05, 3.63) is 12.4 Å². The fourth-order valence-electron chi connectivity index (χ4n) is 3.30. The van der Waals surface area contributed by atoms with E-state index in [0.29, 0.717) is 18.4 Å². The first kappa shape index (κ1) is 16.0. The van der Waals surface area contributed by atoms with E-state index in [4.69, 9.17) is 0 Å². The molecule has 2 aliphatic rings. The number of hydrogen-bond acceptors (Lipinski definition) is 6. The Morgan fingerprint density at radius 1 is 1.35 bits per heavy atom. The first-order valence-electron chi connectivity index (χ1n) is 8.35. The minimum Gasteiger partial charge on any atom is -0.367 e. The Hall–Kier alpha value is -1.89. The van der Waals surface area contributed by atoms with Crippen LogP contribution in [0.4, 0.5) is 11.6 Å². The molecule has 1 aromatic rings. The normalized spacial score (nSPS) is 22.9. The van der Waals surface area contributed by atoms with Crippen molar-refractivity contribution < 1.29 is 4.79 Å². The minimum atomic E-state index is 0.201. The summed E-state index contributed by atoms with van der Waals surface area (Å²) in [6, 6.07) is 2.45. The maximum absolute atomic E-state index is 11.3. The topological polar surface area (TPSA) is 73.4 Å². The van der Waals surface area contributed by atoms with Crippen molar-refractivity contribution in [3.8, 4) is 0 Å². The molecule has 2 saturated heterocycles. The molecule has 126 valence electrons. The van der Waals surface area contributed by atoms with Crippen LogP contribution in [0, 0.1) is 5.92 Å². The zero-order chi connectivity index (χ0) is 16.2. The Morgan fingerprint density at radius 2 is 2.13 bits per heavy atom. The number of piperidine rings is 1. The number of carbonyl (C=O) groups is 1. The van der Waals surface area contributed by atoms with Gasteiger partial charge in [-0.05, 0) is 18.8 Å². The van der Waals surface area contributed by atoms with Gasteiger partial charge in [0.2, 0.25) is 5.91 Å². The highest BCUT2D eigenvalue weighted by atomic mass is 16.1. The van der Waals surface area contributed by atoms with Gasteiger partial charge in [-0.1, -0.05) is 0 Å². The Bertz CT molecular complexity index is 541. The van der Waals surface area contributed by atoms with E-state index in [2.05, 4.69) is 25.5 Å². The van der Waals surface area contributed by atoms with Gasteiger partial charge in [-0.3, -0.25) is 4.79 Å². The van der Waals surface area contributed by atoms with Crippen LogP contribution in [0.15, 0.2) is 12.4 Å². The summed E-state index contributed by atoms with van der Waals surface area (Å²) in [5.74, 6) is 2.50. The summed E-state index contributed by atoms with van der Waals surface area (Å²) in [7, 11) is 3.96. The molecule has 1 aromatic heterocycles. The van der Waals surface area contributed by atoms with E-state index in [1.54, 1.807) is 6.33 Å². The highest BCUT2D eigenvalue weighted by molar-refractivity contribution is 5.78. The summed E-state index contributed by atoms with van der Waals surface area (Å²) in [4.78, 5) is 24.3. The molecule has 23 heavy (non-hydrogen) atoms. The molecule has 2 aliphatic heterocycles. The van der Waals surface area contributed by atoms with Crippen LogP contribution in [-0.4, -0.2) is 67.1 Å². The van der Waals surface area contributed by atoms with E-state index < -0.39 is 0 Å². The Kier molecular flexibility index (Phi) is 4.95. The Balaban J connectivity index is 1.45. The van der Waals surface area contributed by atoms with Crippen molar-refractivity contribution in [2.75, 3.05) is 50.5 Å². The standard InChI is InChI=1S/C16H26N6O/c1-21(2)15-8-14(18-11-19-15)20-13-3-5-22(6-4-13)10-12-7-16(23)17-9-12/h8,11-13H,3-7,9-10H2,1-2H3,(H,17,23)(H,18,19,20). The average Bonchev–Trinajstić information content (AvgIpc) is 2.94. The van der Waals surface area contributed by atoms with Gasteiger partial charge in [-0.15, -0.1) is 0 Å². The van der Waals surface area contributed by atoms with Crippen LogP contribution in [0.1, 0.15) is 19.3 Å². The predicted octanol–water partition coefficient (Wildman–Crippen LogP) is 0.555. The van der Waals surface area contributed by atoms with Gasteiger partial charge in [0.1, 0.15) is 18.0 Å². The smallest absolute Gasteiger partial charge is 0.220 e. The number of aromatic nitrogens is 2. The average molecular weight is 318 g/mol. The third-order valence-corrected chi connectivity index (χ3v) is 4.63. The van der Waals surface area contributed by atoms with E-state index in [-0.39, 0.29) is 5.91 Å². The van der Waals surface area contributed by atoms with Gasteiger partial charge < -0.3 is 20.4 Å². The van der Waals surface area contributed by atoms with Crippen molar-refractivity contribution in [2.24, 2.45) is 5.92 Å². The molecule has 3 rings (SSSR count). The molecule has 0 bridgehead atoms. The quantitative estimate of drug-likeness (QED) is 0.826. The number of nitrogens with one attached hydrogen (secondary N) is 2. The fourth-order valence-corrected chi connectivity index (χ4v) is 3.30. The second kappa shape index (κ2) is 7.12. The van der Waals surface area contributed by atoms with Crippen LogP contribution < -0.4 is 15.5 Å². The van der Waals surface area contributed by atoms with E-state index in [0.717, 1.165) is 50.7 Å². The molecule has 0 spiro atoms. The van der Waals surface area contributed by atoms with Gasteiger partial charge in [-0.2, -0.15) is 0 Å². The lowest BCUT2D eigenvalue weighted by Crippen LogP contribution is -2.41. The maximum Gasteiger partial charge on any atom is 0.220 e. The zero-order valence-electron chi connectivity index (χ0n) is 14.0. The highest BCUT2D eigenvalue weighted by Gasteiger charge is 2.26. The molecule has 0 radical (unpaired) electrons. The van der Waals surface area contributed by atoms with Crippen molar-refractivity contribution in [1.29, 1.82) is 0 Å². The van der Waals surface area contributed by atoms with Gasteiger partial charge in [-0.25, -0.2) is 9.97 Å². The van der Waals surface area contributed by atoms with Crippen molar-refractivity contribution >= 4 is 17.5 Å². The van der Waals surface area contributed by atoms with Crippen LogP contribution in [0.25, 0.3) is 0 Å². The SMILES string of the molecule is CN(C)c1cc(NC2CCN(CC3CNC(=O)C3)CC2)ncn1. The number of likely N-dealkylation sites (tertiary alicyclic amines) is 1. The molecule has 2 N–H and O–H groups in total. The van der Waals surface area contributed by atoms with Crippen LogP contribution in [0.2, 0.25) is 0 Å². The van der Waals surface area contributed by atoms with Crippen molar-refractivity contribution in [3.63, 3.8) is 0 Å². The summed E-state index contributed by atoms with van der Waals surface area (Å²) in [6.07, 6.45) is 4.51. The lowest BCUT2D eigenvalue weighted by molar-refractivity contribution is -0.119. The highest BCUT2D eigenvalue weighted by Crippen LogP contribution is 2.19. The first-order valence-corrected chi connectivity index (χ1v) is 8.35. The molecule has 2 fully saturated rings. The van der Waals surface area contributed by atoms with E-state index in [9.17, 15) is 4.79 Å². The molecule has 3 heterocycles. The van der Waals surface area contributed by atoms with Gasteiger partial charge >= 0.3 is 0 Å². The van der Waals surface area contributed by atoms with Crippen molar-refractivity contribution in [1.82, 2.24) is 20.2 Å². The first-order chi connectivity index (χ1) is 11.1. The summed E-state index contributed by atoms with van der Waals surface area (Å²) in [6.45, 7) is 4.02. The van der Waals surface area contributed by atoms with Crippen LogP contribution in [-0.2, 0) is 4.79 Å². The molecule has 0 aromatic carbocycles. The minimum absolute atomic E-state index is 0.201. The Morgan fingerprint density at radius 3 is 2.78 bits per heavy atom. The number of rotatable bonds is 5. The summed E-state index contributed by atoms with van der Waals surface area (Å²) in [5.41, 5.74) is 0. The van der Waals surface area contributed by atoms with Crippen LogP contribution in [0.3, 0.4) is 0 Å².